The molecule has 1 aliphatic rings. The number of ketones is 1. The molecule has 5 rings (SSSR count). The van der Waals surface area contributed by atoms with Gasteiger partial charge in [0.05, 0.1) is 6.04 Å². The second-order valence-electron chi connectivity index (χ2n) is 10.7. The number of nitrogens with zero attached hydrogens (tertiary/aromatic N) is 1. The molecule has 0 bridgehead atoms. The predicted molar refractivity (Wildman–Crippen MR) is 154 cm³/mol. The van der Waals surface area contributed by atoms with E-state index in [1.54, 1.807) is 60.7 Å². The van der Waals surface area contributed by atoms with Crippen LogP contribution in [0.2, 0.25) is 0 Å². The molecule has 1 aromatic heterocycles. The molecule has 1 saturated heterocycles. The highest BCUT2D eigenvalue weighted by Gasteiger charge is 2.35. The number of primary amides is 1. The average molecular weight is 625 g/mol. The maximum Gasteiger partial charge on any atom is 0.265 e. The van der Waals surface area contributed by atoms with Crippen LogP contribution in [0.25, 0.3) is 10.9 Å². The number of Topliss-reactive ketones (excluding diaryl/α,β-unsaturated/α-hetero) is 1. The third-order valence-corrected chi connectivity index (χ3v) is 7.71. The van der Waals surface area contributed by atoms with Crippen LogP contribution in [0.5, 0.6) is 5.75 Å². The fourth-order valence-electron chi connectivity index (χ4n) is 5.45. The van der Waals surface area contributed by atoms with E-state index in [1.807, 2.05) is 0 Å². The van der Waals surface area contributed by atoms with Gasteiger partial charge in [0.15, 0.2) is 23.2 Å². The summed E-state index contributed by atoms with van der Waals surface area (Å²) in [6.45, 7) is -0.750. The Morgan fingerprint density at radius 3 is 2.29 bits per heavy atom. The molecule has 13 heteroatoms. The number of hydrogen-bond donors (Lipinski definition) is 3. The van der Waals surface area contributed by atoms with E-state index in [0.29, 0.717) is 29.4 Å². The van der Waals surface area contributed by atoms with Crippen LogP contribution in [0.4, 0.5) is 17.6 Å². The summed E-state index contributed by atoms with van der Waals surface area (Å²) in [4.78, 5) is 52.4. The molecule has 1 aliphatic heterocycles. The summed E-state index contributed by atoms with van der Waals surface area (Å²) in [5, 5.41) is 5.90. The van der Waals surface area contributed by atoms with Gasteiger partial charge in [-0.1, -0.05) is 48.5 Å². The van der Waals surface area contributed by atoms with E-state index in [4.69, 9.17) is 10.5 Å². The molecule has 0 aliphatic carbocycles. The van der Waals surface area contributed by atoms with Crippen LogP contribution in [-0.2, 0) is 20.8 Å². The molecule has 3 atom stereocenters. The number of amides is 3. The summed E-state index contributed by atoms with van der Waals surface area (Å²) < 4.78 is 62.2. The van der Waals surface area contributed by atoms with Crippen LogP contribution in [0.3, 0.4) is 0 Å². The van der Waals surface area contributed by atoms with Crippen molar-refractivity contribution in [3.63, 3.8) is 0 Å². The molecular formula is C32H28F4N4O5. The predicted octanol–water partition coefficient (Wildman–Crippen LogP) is 3.74. The topological polar surface area (TPSA) is 133 Å². The van der Waals surface area contributed by atoms with Gasteiger partial charge in [0.2, 0.25) is 23.4 Å². The standard InChI is InChI=1S/C32H28F4N4O5/c33-20-15-21(34)28(36)29(27(20)35)45-16-26(41)22(13-19-10-11-38-31(19)43)39-32(44)25(12-17-6-2-1-3-7-17)40-23-9-5-4-8-18(23)14-24(40)30(37)42/h1-9,14-15,19,22,25H,10-13,16H2,(H2,37,42)(H,38,43)(H,39,44)/t19-,22-,25-/m0/s1. The van der Waals surface area contributed by atoms with Gasteiger partial charge in [-0.3, -0.25) is 19.2 Å². The van der Waals surface area contributed by atoms with Gasteiger partial charge < -0.3 is 25.7 Å². The van der Waals surface area contributed by atoms with Crippen LogP contribution in [0.1, 0.15) is 34.9 Å². The van der Waals surface area contributed by atoms with Crippen LogP contribution >= 0.6 is 0 Å². The smallest absolute Gasteiger partial charge is 0.265 e. The molecule has 4 N–H and O–H groups in total. The van der Waals surface area contributed by atoms with Crippen LogP contribution < -0.4 is 21.1 Å². The zero-order chi connectivity index (χ0) is 32.2. The van der Waals surface area contributed by atoms with Crippen molar-refractivity contribution in [2.45, 2.75) is 31.3 Å². The lowest BCUT2D eigenvalue weighted by molar-refractivity contribution is -0.132. The second-order valence-corrected chi connectivity index (χ2v) is 10.7. The van der Waals surface area contributed by atoms with Crippen LogP contribution in [0, 0.1) is 29.2 Å². The van der Waals surface area contributed by atoms with Gasteiger partial charge in [0.1, 0.15) is 18.3 Å². The van der Waals surface area contributed by atoms with E-state index in [1.165, 1.54) is 4.57 Å². The van der Waals surface area contributed by atoms with Gasteiger partial charge in [-0.25, -0.2) is 8.78 Å². The molecule has 4 aromatic rings. The molecule has 0 spiro atoms. The van der Waals surface area contributed by atoms with Gasteiger partial charge in [-0.15, -0.1) is 0 Å². The summed E-state index contributed by atoms with van der Waals surface area (Å²) in [5.41, 5.74) is 6.97. The number of rotatable bonds is 12. The summed E-state index contributed by atoms with van der Waals surface area (Å²) in [7, 11) is 0. The summed E-state index contributed by atoms with van der Waals surface area (Å²) in [5.74, 6) is -12.1. The second kappa shape index (κ2) is 13.2. The molecule has 9 nitrogen and oxygen atoms in total. The Hall–Kier alpha value is -5.20. The Labute approximate surface area is 254 Å². The highest BCUT2D eigenvalue weighted by molar-refractivity contribution is 6.00. The zero-order valence-electron chi connectivity index (χ0n) is 23.7. The first-order valence-corrected chi connectivity index (χ1v) is 14.1. The number of aromatic nitrogens is 1. The van der Waals surface area contributed by atoms with Crippen molar-refractivity contribution < 1.29 is 41.5 Å². The van der Waals surface area contributed by atoms with Gasteiger partial charge in [-0.05, 0) is 30.5 Å². The fraction of sp³-hybridized carbons (Fsp3) is 0.250. The molecule has 234 valence electrons. The highest BCUT2D eigenvalue weighted by atomic mass is 19.2. The first-order chi connectivity index (χ1) is 21.5. The number of hydrogen-bond acceptors (Lipinski definition) is 5. The lowest BCUT2D eigenvalue weighted by atomic mass is 9.95. The summed E-state index contributed by atoms with van der Waals surface area (Å²) >= 11 is 0. The molecule has 0 radical (unpaired) electrons. The van der Waals surface area contributed by atoms with Gasteiger partial charge in [0.25, 0.3) is 5.91 Å². The van der Waals surface area contributed by atoms with E-state index in [9.17, 15) is 36.7 Å². The Morgan fingerprint density at radius 2 is 1.64 bits per heavy atom. The van der Waals surface area contributed by atoms with E-state index >= 15 is 0 Å². The first-order valence-electron chi connectivity index (χ1n) is 14.1. The summed E-state index contributed by atoms with van der Waals surface area (Å²) in [6.07, 6.45) is 0.209. The fourth-order valence-corrected chi connectivity index (χ4v) is 5.45. The van der Waals surface area contributed by atoms with Crippen molar-refractivity contribution in [3.8, 4) is 5.75 Å². The molecule has 3 amide bonds. The molecule has 45 heavy (non-hydrogen) atoms. The lowest BCUT2D eigenvalue weighted by Gasteiger charge is -2.26. The van der Waals surface area contributed by atoms with Crippen molar-refractivity contribution in [2.75, 3.05) is 13.2 Å². The minimum Gasteiger partial charge on any atom is -0.479 e. The third-order valence-electron chi connectivity index (χ3n) is 7.71. The Kier molecular flexibility index (Phi) is 9.16. The number of fused-ring (bicyclic) bond motifs is 1. The normalized spacial score (nSPS) is 15.8. The first kappa shape index (κ1) is 31.2. The number of halogens is 4. The van der Waals surface area contributed by atoms with Crippen molar-refractivity contribution in [3.05, 3.63) is 101 Å². The molecule has 0 unspecified atom stereocenters. The molecule has 0 saturated carbocycles. The maximum absolute atomic E-state index is 14.2. The van der Waals surface area contributed by atoms with E-state index in [-0.39, 0.29) is 30.5 Å². The Morgan fingerprint density at radius 1 is 0.978 bits per heavy atom. The van der Waals surface area contributed by atoms with E-state index in [0.717, 1.165) is 0 Å². The zero-order valence-corrected chi connectivity index (χ0v) is 23.7. The van der Waals surface area contributed by atoms with Crippen molar-refractivity contribution in [2.24, 2.45) is 11.7 Å². The lowest BCUT2D eigenvalue weighted by Crippen LogP contribution is -2.48. The van der Waals surface area contributed by atoms with Gasteiger partial charge in [-0.2, -0.15) is 8.78 Å². The van der Waals surface area contributed by atoms with Gasteiger partial charge >= 0.3 is 0 Å². The number of ether oxygens (including phenoxy) is 1. The van der Waals surface area contributed by atoms with Crippen LogP contribution in [-0.4, -0.2) is 47.3 Å². The monoisotopic (exact) mass is 624 g/mol. The Bertz CT molecular complexity index is 1750. The minimum absolute atomic E-state index is 0.000744. The number of para-hydroxylation sites is 1. The number of nitrogens with two attached hydrogens (primary N) is 1. The molecular weight excluding hydrogens is 596 g/mol. The molecule has 1 fully saturated rings. The van der Waals surface area contributed by atoms with Crippen molar-refractivity contribution in [1.29, 1.82) is 0 Å². The maximum atomic E-state index is 14.2. The van der Waals surface area contributed by atoms with Crippen molar-refractivity contribution in [1.82, 2.24) is 15.2 Å². The minimum atomic E-state index is -1.83. The molecule has 2 heterocycles. The number of carbonyl (C=O) groups excluding carboxylic acids is 4. The number of carbonyl (C=O) groups is 4. The quantitative estimate of drug-likeness (QED) is 0.163. The Balaban J connectivity index is 1.49. The van der Waals surface area contributed by atoms with Crippen molar-refractivity contribution >= 4 is 34.4 Å². The van der Waals surface area contributed by atoms with Crippen LogP contribution in [0.15, 0.2) is 66.7 Å². The molecule has 3 aromatic carbocycles. The summed E-state index contributed by atoms with van der Waals surface area (Å²) in [6, 6.07) is 14.8. The number of nitrogens with one attached hydrogen (secondary N) is 2. The highest BCUT2D eigenvalue weighted by Crippen LogP contribution is 2.29. The van der Waals surface area contributed by atoms with E-state index < -0.39 is 71.2 Å². The van der Waals surface area contributed by atoms with Gasteiger partial charge in [0, 0.05) is 35.9 Å². The van der Waals surface area contributed by atoms with E-state index in [2.05, 4.69) is 10.6 Å². The third kappa shape index (κ3) is 6.66. The average Bonchev–Trinajstić information content (AvgIpc) is 3.62. The SMILES string of the molecule is NC(=O)c1cc2ccccc2n1[C@@H](Cc1ccccc1)C(=O)N[C@@H](C[C@@H]1CCNC1=O)C(=O)COc1c(F)c(F)cc(F)c1F. The largest absolute Gasteiger partial charge is 0.479 e. The number of benzene rings is 3.